The number of benzene rings is 1. The van der Waals surface area contributed by atoms with Crippen molar-refractivity contribution >= 4 is 40.1 Å². The molecule has 0 bridgehead atoms. The molecule has 0 amide bonds. The maximum absolute atomic E-state index is 12.3. The number of carboxylic acid groups (broad SMARTS) is 1. The van der Waals surface area contributed by atoms with Crippen molar-refractivity contribution < 1.29 is 19.4 Å². The molecule has 0 fully saturated rings. The molecule has 0 aliphatic rings. The molecule has 0 aliphatic heterocycles. The third-order valence-electron chi connectivity index (χ3n) is 2.92. The van der Waals surface area contributed by atoms with Gasteiger partial charge in [-0.2, -0.15) is 0 Å². The molecule has 1 aromatic heterocycles. The van der Waals surface area contributed by atoms with Gasteiger partial charge in [0, 0.05) is 28.4 Å². The zero-order valence-electron chi connectivity index (χ0n) is 12.4. The van der Waals surface area contributed by atoms with Crippen molar-refractivity contribution in [2.45, 2.75) is 10.9 Å². The maximum Gasteiger partial charge on any atom is 0.324 e. The third kappa shape index (κ3) is 4.85. The fourth-order valence-corrected chi connectivity index (χ4v) is 2.85. The highest BCUT2D eigenvalue weighted by Gasteiger charge is 2.17. The van der Waals surface area contributed by atoms with E-state index in [9.17, 15) is 9.59 Å². The van der Waals surface area contributed by atoms with E-state index in [1.54, 1.807) is 42.6 Å². The SMILES string of the molecule is N[C@@H](COC(=S)c1ccccc1SC(=O)c1cccnc1)C(=O)O. The normalized spacial score (nSPS) is 11.5. The standard InChI is InChI=1S/C16H14N2O4S2/c17-12(14(19)20)9-22-16(23)11-5-1-2-6-13(11)24-15(21)10-4-3-7-18-8-10/h1-8,12H,9,17H2,(H,19,20)/t12-/m0/s1. The van der Waals surface area contributed by atoms with Crippen LogP contribution in [0.4, 0.5) is 0 Å². The largest absolute Gasteiger partial charge is 0.481 e. The number of pyridine rings is 1. The molecule has 0 saturated heterocycles. The highest BCUT2D eigenvalue weighted by atomic mass is 32.2. The van der Waals surface area contributed by atoms with Gasteiger partial charge in [0.2, 0.25) is 5.12 Å². The molecule has 0 spiro atoms. The molecular weight excluding hydrogens is 348 g/mol. The van der Waals surface area contributed by atoms with Gasteiger partial charge in [0.1, 0.15) is 12.6 Å². The second-order valence-corrected chi connectivity index (χ2v) is 6.06. The third-order valence-corrected chi connectivity index (χ3v) is 4.25. The second kappa shape index (κ2) is 8.53. The van der Waals surface area contributed by atoms with Crippen molar-refractivity contribution in [3.63, 3.8) is 0 Å². The van der Waals surface area contributed by atoms with E-state index < -0.39 is 12.0 Å². The van der Waals surface area contributed by atoms with E-state index in [0.717, 1.165) is 11.8 Å². The molecule has 0 saturated carbocycles. The van der Waals surface area contributed by atoms with Crippen molar-refractivity contribution in [1.82, 2.24) is 4.98 Å². The van der Waals surface area contributed by atoms with Gasteiger partial charge in [0.05, 0.1) is 0 Å². The summed E-state index contributed by atoms with van der Waals surface area (Å²) < 4.78 is 5.27. The lowest BCUT2D eigenvalue weighted by Crippen LogP contribution is -2.35. The predicted octanol–water partition coefficient (Wildman–Crippen LogP) is 2.12. The van der Waals surface area contributed by atoms with Crippen molar-refractivity contribution in [3.8, 4) is 0 Å². The van der Waals surface area contributed by atoms with Crippen molar-refractivity contribution in [2.24, 2.45) is 5.73 Å². The molecule has 1 aromatic carbocycles. The van der Waals surface area contributed by atoms with Crippen LogP contribution < -0.4 is 5.73 Å². The first-order valence-electron chi connectivity index (χ1n) is 6.86. The summed E-state index contributed by atoms with van der Waals surface area (Å²) in [6.07, 6.45) is 3.07. The van der Waals surface area contributed by atoms with Crippen LogP contribution in [0, 0.1) is 0 Å². The minimum Gasteiger partial charge on any atom is -0.481 e. The first-order valence-corrected chi connectivity index (χ1v) is 8.08. The van der Waals surface area contributed by atoms with Gasteiger partial charge in [-0.3, -0.25) is 14.6 Å². The molecule has 3 N–H and O–H groups in total. The quantitative estimate of drug-likeness (QED) is 0.595. The van der Waals surface area contributed by atoms with Crippen LogP contribution in [-0.2, 0) is 9.53 Å². The molecule has 6 nitrogen and oxygen atoms in total. The fourth-order valence-electron chi connectivity index (χ4n) is 1.68. The van der Waals surface area contributed by atoms with Crippen LogP contribution in [0.25, 0.3) is 0 Å². The summed E-state index contributed by atoms with van der Waals surface area (Å²) in [4.78, 5) is 27.5. The molecule has 2 aromatic rings. The summed E-state index contributed by atoms with van der Waals surface area (Å²) in [5, 5.41) is 8.67. The molecule has 0 unspecified atom stereocenters. The Morgan fingerprint density at radius 2 is 2.04 bits per heavy atom. The molecule has 0 radical (unpaired) electrons. The van der Waals surface area contributed by atoms with E-state index in [1.165, 1.54) is 6.20 Å². The number of hydrogen-bond donors (Lipinski definition) is 2. The Labute approximate surface area is 148 Å². The second-order valence-electron chi connectivity index (χ2n) is 4.67. The minimum atomic E-state index is -1.17. The van der Waals surface area contributed by atoms with Crippen LogP contribution in [0.3, 0.4) is 0 Å². The van der Waals surface area contributed by atoms with Crippen LogP contribution >= 0.6 is 24.0 Å². The van der Waals surface area contributed by atoms with Gasteiger partial charge in [-0.1, -0.05) is 12.1 Å². The van der Waals surface area contributed by atoms with E-state index in [-0.39, 0.29) is 16.8 Å². The molecule has 8 heteroatoms. The number of carbonyl (C=O) groups excluding carboxylic acids is 1. The first-order chi connectivity index (χ1) is 11.5. The summed E-state index contributed by atoms with van der Waals surface area (Å²) in [6, 6.07) is 9.15. The summed E-state index contributed by atoms with van der Waals surface area (Å²) in [5.41, 5.74) is 6.39. The summed E-state index contributed by atoms with van der Waals surface area (Å²) in [6.45, 7) is -0.246. The van der Waals surface area contributed by atoms with Gasteiger partial charge >= 0.3 is 5.97 Å². The van der Waals surface area contributed by atoms with Gasteiger partial charge in [0.25, 0.3) is 0 Å². The summed E-state index contributed by atoms with van der Waals surface area (Å²) >= 11 is 6.17. The Morgan fingerprint density at radius 3 is 2.71 bits per heavy atom. The molecule has 1 heterocycles. The van der Waals surface area contributed by atoms with Gasteiger partial charge in [-0.05, 0) is 48.2 Å². The zero-order chi connectivity index (χ0) is 17.5. The topological polar surface area (TPSA) is 103 Å². The summed E-state index contributed by atoms with van der Waals surface area (Å²) in [5.74, 6) is -1.17. The Balaban J connectivity index is 2.11. The number of hydrogen-bond acceptors (Lipinski definition) is 7. The van der Waals surface area contributed by atoms with Gasteiger partial charge in [-0.25, -0.2) is 0 Å². The number of rotatable bonds is 6. The van der Waals surface area contributed by atoms with Crippen LogP contribution in [0.5, 0.6) is 0 Å². The first kappa shape index (κ1) is 18.1. The van der Waals surface area contributed by atoms with Gasteiger partial charge < -0.3 is 15.6 Å². The van der Waals surface area contributed by atoms with Gasteiger partial charge in [-0.15, -0.1) is 0 Å². The van der Waals surface area contributed by atoms with Crippen molar-refractivity contribution in [3.05, 3.63) is 59.9 Å². The lowest BCUT2D eigenvalue weighted by Gasteiger charge is -2.13. The van der Waals surface area contributed by atoms with Crippen LogP contribution in [0.15, 0.2) is 53.7 Å². The smallest absolute Gasteiger partial charge is 0.324 e. The van der Waals surface area contributed by atoms with Gasteiger partial charge in [0.15, 0.2) is 5.05 Å². The monoisotopic (exact) mass is 362 g/mol. The molecule has 24 heavy (non-hydrogen) atoms. The molecular formula is C16H14N2O4S2. The predicted molar refractivity (Wildman–Crippen MR) is 94.1 cm³/mol. The number of aliphatic carboxylic acids is 1. The number of carbonyl (C=O) groups is 2. The van der Waals surface area contributed by atoms with Crippen molar-refractivity contribution in [2.75, 3.05) is 6.61 Å². The number of nitrogens with zero attached hydrogens (tertiary/aromatic N) is 1. The fraction of sp³-hybridized carbons (Fsp3) is 0.125. The minimum absolute atomic E-state index is 0.0915. The van der Waals surface area contributed by atoms with E-state index >= 15 is 0 Å². The number of ether oxygens (including phenoxy) is 1. The molecule has 2 rings (SSSR count). The van der Waals surface area contributed by atoms with E-state index in [2.05, 4.69) is 4.98 Å². The molecule has 124 valence electrons. The maximum atomic E-state index is 12.3. The number of carboxylic acids is 1. The zero-order valence-corrected chi connectivity index (χ0v) is 14.0. The Hall–Kier alpha value is -2.29. The van der Waals surface area contributed by atoms with E-state index in [4.69, 9.17) is 27.8 Å². The Morgan fingerprint density at radius 1 is 1.29 bits per heavy atom. The van der Waals surface area contributed by atoms with Crippen molar-refractivity contribution in [1.29, 1.82) is 0 Å². The summed E-state index contributed by atoms with van der Waals surface area (Å²) in [7, 11) is 0. The highest BCUT2D eigenvalue weighted by Crippen LogP contribution is 2.27. The molecule has 1 atom stereocenters. The number of nitrogens with two attached hydrogens (primary N) is 1. The average Bonchev–Trinajstić information content (AvgIpc) is 2.60. The van der Waals surface area contributed by atoms with E-state index in [0.29, 0.717) is 16.0 Å². The Bertz CT molecular complexity index is 753. The lowest BCUT2D eigenvalue weighted by atomic mass is 10.2. The number of thioether (sulfide) groups is 1. The Kier molecular flexibility index (Phi) is 6.42. The van der Waals surface area contributed by atoms with Crippen LogP contribution in [-0.4, -0.2) is 38.9 Å². The molecule has 0 aliphatic carbocycles. The lowest BCUT2D eigenvalue weighted by molar-refractivity contribution is -0.139. The number of thiocarbonyl (C=S) groups is 1. The van der Waals surface area contributed by atoms with Crippen LogP contribution in [0.1, 0.15) is 15.9 Å². The average molecular weight is 362 g/mol. The highest BCUT2D eigenvalue weighted by molar-refractivity contribution is 8.14. The van der Waals surface area contributed by atoms with Crippen LogP contribution in [0.2, 0.25) is 0 Å². The number of aromatic nitrogens is 1. The van der Waals surface area contributed by atoms with E-state index in [1.807, 2.05) is 0 Å².